The molecule has 6 rings (SSSR count). The number of nitrogens with zero attached hydrogens (tertiary/aromatic N) is 2. The molecule has 2 aromatic rings. The second-order valence-corrected chi connectivity index (χ2v) is 17.4. The maximum absolute atomic E-state index is 14.2. The molecule has 63 heavy (non-hydrogen) atoms. The molecule has 0 saturated carbocycles. The topological polar surface area (TPSA) is 210 Å². The van der Waals surface area contributed by atoms with Crippen LogP contribution in [0.3, 0.4) is 0 Å². The fraction of sp³-hybridized carbons (Fsp3) is 0.596. The van der Waals surface area contributed by atoms with Crippen LogP contribution in [-0.2, 0) is 41.6 Å². The summed E-state index contributed by atoms with van der Waals surface area (Å²) in [5.74, 6) is -1.78. The largest absolute Gasteiger partial charge is 0.347 e. The number of carbonyl (C=O) groups is 7. The number of nitrogens with one attached hydrogen (secondary N) is 7. The summed E-state index contributed by atoms with van der Waals surface area (Å²) in [5, 5.41) is 21.1. The molecule has 0 bridgehead atoms. The van der Waals surface area contributed by atoms with E-state index in [1.807, 2.05) is 50.2 Å². The highest BCUT2D eigenvalue weighted by Crippen LogP contribution is 2.37. The second kappa shape index (κ2) is 21.3. The first-order chi connectivity index (χ1) is 30.3. The lowest BCUT2D eigenvalue weighted by Gasteiger charge is -2.32. The number of anilines is 1. The van der Waals surface area contributed by atoms with E-state index in [9.17, 15) is 33.6 Å². The van der Waals surface area contributed by atoms with Crippen LogP contribution < -0.4 is 37.2 Å². The smallest absolute Gasteiger partial charge is 0.255 e. The van der Waals surface area contributed by atoms with Gasteiger partial charge in [0.1, 0.15) is 24.2 Å². The summed E-state index contributed by atoms with van der Waals surface area (Å²) in [6, 6.07) is 7.05. The number of likely N-dealkylation sites (tertiary alicyclic amines) is 2. The Labute approximate surface area is 371 Å². The van der Waals surface area contributed by atoms with Crippen LogP contribution in [0.15, 0.2) is 36.4 Å². The van der Waals surface area contributed by atoms with Crippen molar-refractivity contribution in [3.63, 3.8) is 0 Å². The number of hydrogen-bond acceptors (Lipinski definition) is 9. The molecule has 16 heteroatoms. The minimum atomic E-state index is -0.730. The van der Waals surface area contributed by atoms with Crippen LogP contribution in [0.25, 0.3) is 0 Å². The van der Waals surface area contributed by atoms with E-state index < -0.39 is 36.3 Å². The fourth-order valence-corrected chi connectivity index (χ4v) is 9.59. The molecule has 2 aliphatic heterocycles. The summed E-state index contributed by atoms with van der Waals surface area (Å²) in [6.07, 6.45) is 7.59. The summed E-state index contributed by atoms with van der Waals surface area (Å²) >= 11 is 0. The van der Waals surface area contributed by atoms with E-state index in [2.05, 4.69) is 37.2 Å². The molecule has 4 unspecified atom stereocenters. The molecule has 7 amide bonds. The Morgan fingerprint density at radius 1 is 0.619 bits per heavy atom. The van der Waals surface area contributed by atoms with Crippen molar-refractivity contribution >= 4 is 47.0 Å². The zero-order valence-electron chi connectivity index (χ0n) is 37.7. The number of likely N-dealkylation sites (N-methyl/N-ethyl adjacent to an activating group) is 2. The van der Waals surface area contributed by atoms with Gasteiger partial charge in [-0.15, -0.1) is 0 Å². The molecular formula is C47H67N9O7. The van der Waals surface area contributed by atoms with Crippen molar-refractivity contribution in [2.45, 2.75) is 153 Å². The van der Waals surface area contributed by atoms with Gasteiger partial charge < -0.3 is 47.0 Å². The molecule has 0 spiro atoms. The highest BCUT2D eigenvalue weighted by Gasteiger charge is 2.40. The number of rotatable bonds is 16. The monoisotopic (exact) mass is 870 g/mol. The molecule has 2 aromatic carbocycles. The predicted molar refractivity (Wildman–Crippen MR) is 239 cm³/mol. The van der Waals surface area contributed by atoms with E-state index in [4.69, 9.17) is 0 Å². The highest BCUT2D eigenvalue weighted by atomic mass is 16.2. The van der Waals surface area contributed by atoms with Gasteiger partial charge in [-0.25, -0.2) is 0 Å². The van der Waals surface area contributed by atoms with E-state index in [-0.39, 0.29) is 53.4 Å². The van der Waals surface area contributed by atoms with Gasteiger partial charge in [-0.3, -0.25) is 33.6 Å². The van der Waals surface area contributed by atoms with Gasteiger partial charge in [0.15, 0.2) is 0 Å². The Morgan fingerprint density at radius 2 is 1.08 bits per heavy atom. The third kappa shape index (κ3) is 10.5. The van der Waals surface area contributed by atoms with E-state index in [0.29, 0.717) is 82.1 Å². The maximum Gasteiger partial charge on any atom is 0.255 e. The second-order valence-electron chi connectivity index (χ2n) is 17.4. The van der Waals surface area contributed by atoms with E-state index in [0.717, 1.165) is 41.5 Å². The highest BCUT2D eigenvalue weighted by molar-refractivity contribution is 6.06. The van der Waals surface area contributed by atoms with Gasteiger partial charge in [-0.2, -0.15) is 0 Å². The van der Waals surface area contributed by atoms with E-state index in [1.165, 1.54) is 0 Å². The fourth-order valence-electron chi connectivity index (χ4n) is 9.59. The minimum Gasteiger partial charge on any atom is -0.347 e. The van der Waals surface area contributed by atoms with Gasteiger partial charge in [0, 0.05) is 24.3 Å². The molecular weight excluding hydrogens is 803 g/mol. The van der Waals surface area contributed by atoms with Crippen LogP contribution in [0, 0.1) is 0 Å². The van der Waals surface area contributed by atoms with Gasteiger partial charge in [0.25, 0.3) is 5.91 Å². The minimum absolute atomic E-state index is 0.226. The molecule has 4 aliphatic rings. The van der Waals surface area contributed by atoms with Gasteiger partial charge in [-0.05, 0) is 139 Å². The van der Waals surface area contributed by atoms with Crippen LogP contribution in [0.1, 0.15) is 137 Å². The Hall–Kier alpha value is -5.35. The molecule has 8 atom stereocenters. The van der Waals surface area contributed by atoms with Crippen LogP contribution >= 0.6 is 0 Å². The molecule has 7 N–H and O–H groups in total. The Bertz CT molecular complexity index is 2040. The third-order valence-corrected chi connectivity index (χ3v) is 13.5. The standard InChI is InChI=1S/C47H67N9O7/c1-7-34(50-41(57)27(3)48-5)46(62)55-25-13-23-39(55)44(60)53-36-20-10-15-29-30(36)16-9-19-33(29)43(59)52-37-21-11-18-32-31(37)17-12-22-38(32)54-45(61)40-24-14-26-56(40)47(63)35(8-2)51-42(58)28(4)49-6/h9,11,16,18-19,21,27-28,34-36,38-40,48-49H,7-8,10,12-15,17,20,22-26H2,1-6H3,(H,50,57)(H,51,58)(H,52,59)(H,53,60)(H,54,61)/t27?,28?,34?,35?,36-,38-,39+,40+/m1/s1. The lowest BCUT2D eigenvalue weighted by Crippen LogP contribution is -2.55. The predicted octanol–water partition coefficient (Wildman–Crippen LogP) is 2.91. The molecule has 2 fully saturated rings. The van der Waals surface area contributed by atoms with Gasteiger partial charge in [0.05, 0.1) is 24.2 Å². The van der Waals surface area contributed by atoms with E-state index in [1.54, 1.807) is 37.7 Å². The van der Waals surface area contributed by atoms with Crippen molar-refractivity contribution in [3.05, 3.63) is 64.2 Å². The Balaban J connectivity index is 1.12. The quantitative estimate of drug-likeness (QED) is 0.132. The van der Waals surface area contributed by atoms with Crippen molar-refractivity contribution in [1.82, 2.24) is 41.7 Å². The number of amides is 7. The molecule has 342 valence electrons. The van der Waals surface area contributed by atoms with Crippen molar-refractivity contribution in [3.8, 4) is 0 Å². The SMILES string of the molecule is CCC(NC(=O)C(C)NC)C(=O)N1CCC[C@H]1C(=O)N[C@@H]1CCCc2c(NC(=O)c3cccc4c3CCC[C@H]4NC(=O)[C@@H]3CCCN3C(=O)C(CC)NC(=O)C(C)NC)cccc21. The zero-order chi connectivity index (χ0) is 45.4. The van der Waals surface area contributed by atoms with Crippen LogP contribution in [0.4, 0.5) is 5.69 Å². The number of hydrogen-bond donors (Lipinski definition) is 7. The molecule has 0 radical (unpaired) electrons. The summed E-state index contributed by atoms with van der Waals surface area (Å²) in [5.41, 5.74) is 4.87. The van der Waals surface area contributed by atoms with Crippen molar-refractivity contribution < 1.29 is 33.6 Å². The summed E-state index contributed by atoms with van der Waals surface area (Å²) < 4.78 is 0. The van der Waals surface area contributed by atoms with Crippen LogP contribution in [0.5, 0.6) is 0 Å². The maximum atomic E-state index is 14.2. The van der Waals surface area contributed by atoms with Gasteiger partial charge in [0.2, 0.25) is 35.4 Å². The normalized spacial score (nSPS) is 22.4. The lowest BCUT2D eigenvalue weighted by atomic mass is 9.84. The average Bonchev–Trinajstić information content (AvgIpc) is 4.00. The van der Waals surface area contributed by atoms with Gasteiger partial charge in [-0.1, -0.05) is 38.1 Å². The molecule has 0 aromatic heterocycles. The molecule has 2 saturated heterocycles. The first-order valence-corrected chi connectivity index (χ1v) is 23.0. The number of benzene rings is 2. The average molecular weight is 870 g/mol. The Morgan fingerprint density at radius 3 is 1.56 bits per heavy atom. The summed E-state index contributed by atoms with van der Waals surface area (Å²) in [7, 11) is 3.36. The summed E-state index contributed by atoms with van der Waals surface area (Å²) in [6.45, 7) is 8.01. The van der Waals surface area contributed by atoms with Crippen LogP contribution in [0.2, 0.25) is 0 Å². The molecule has 2 aliphatic carbocycles. The van der Waals surface area contributed by atoms with Gasteiger partial charge >= 0.3 is 0 Å². The lowest BCUT2D eigenvalue weighted by molar-refractivity contribution is -0.141. The van der Waals surface area contributed by atoms with Crippen molar-refractivity contribution in [1.29, 1.82) is 0 Å². The first-order valence-electron chi connectivity index (χ1n) is 23.0. The van der Waals surface area contributed by atoms with Crippen molar-refractivity contribution in [2.75, 3.05) is 32.5 Å². The third-order valence-electron chi connectivity index (χ3n) is 13.5. The van der Waals surface area contributed by atoms with E-state index >= 15 is 0 Å². The van der Waals surface area contributed by atoms with Crippen molar-refractivity contribution in [2.24, 2.45) is 0 Å². The molecule has 16 nitrogen and oxygen atoms in total. The number of fused-ring (bicyclic) bond motifs is 2. The molecule has 2 heterocycles. The zero-order valence-corrected chi connectivity index (χ0v) is 37.7. The number of carbonyl (C=O) groups excluding carboxylic acids is 7. The first kappa shape index (κ1) is 47.1. The Kier molecular flexibility index (Phi) is 16.0. The summed E-state index contributed by atoms with van der Waals surface area (Å²) in [4.78, 5) is 97.6. The van der Waals surface area contributed by atoms with Crippen LogP contribution in [-0.4, -0.2) is 115 Å².